The van der Waals surface area contributed by atoms with E-state index in [-0.39, 0.29) is 40.0 Å². The van der Waals surface area contributed by atoms with Gasteiger partial charge in [-0.3, -0.25) is 9.36 Å². The van der Waals surface area contributed by atoms with E-state index in [2.05, 4.69) is 5.32 Å². The second kappa shape index (κ2) is 8.55. The van der Waals surface area contributed by atoms with Crippen molar-refractivity contribution in [1.82, 2.24) is 4.57 Å². The molecule has 4 rings (SSSR count). The Kier molecular flexibility index (Phi) is 6.29. The van der Waals surface area contributed by atoms with Crippen LogP contribution in [0.15, 0.2) is 65.5 Å². The molecule has 0 unspecified atom stereocenters. The number of hydrogen-bond acceptors (Lipinski definition) is 5. The van der Waals surface area contributed by atoms with Crippen molar-refractivity contribution in [2.75, 3.05) is 5.32 Å². The zero-order chi connectivity index (χ0) is 19.8. The molecule has 0 spiro atoms. The Hall–Kier alpha value is -2.38. The second-order valence-corrected chi connectivity index (χ2v) is 7.65. The van der Waals surface area contributed by atoms with Crippen molar-refractivity contribution in [3.8, 4) is 5.69 Å². The van der Waals surface area contributed by atoms with E-state index in [4.69, 9.17) is 0 Å². The van der Waals surface area contributed by atoms with Crippen molar-refractivity contribution >= 4 is 38.9 Å². The van der Waals surface area contributed by atoms with Gasteiger partial charge in [-0.15, -0.1) is 11.3 Å². The van der Waals surface area contributed by atoms with Crippen molar-refractivity contribution in [3.05, 3.63) is 87.0 Å². The third-order valence-electron chi connectivity index (χ3n) is 4.47. The van der Waals surface area contributed by atoms with Gasteiger partial charge in [0, 0.05) is 17.1 Å². The third-order valence-corrected chi connectivity index (χ3v) is 5.65. The molecule has 140 valence electrons. The molecule has 0 aliphatic carbocycles. The van der Waals surface area contributed by atoms with E-state index in [1.807, 2.05) is 62.4 Å². The number of carbonyl (C=O) groups excluding carboxylic acids is 1. The van der Waals surface area contributed by atoms with Gasteiger partial charge in [0.05, 0.1) is 22.2 Å². The van der Waals surface area contributed by atoms with Crippen LogP contribution in [0.1, 0.15) is 20.8 Å². The number of carboxylic acid groups (broad SMARTS) is 1. The summed E-state index contributed by atoms with van der Waals surface area (Å²) in [6, 6.07) is 18.3. The summed E-state index contributed by atoms with van der Waals surface area (Å²) in [5.41, 5.74) is 3.75. The quantitative estimate of drug-likeness (QED) is 0.503. The largest absolute Gasteiger partial charge is 1.00 e. The predicted octanol–water partition coefficient (Wildman–Crippen LogP) is 0.780. The number of anilines is 2. The van der Waals surface area contributed by atoms with Gasteiger partial charge in [0.15, 0.2) is 0 Å². The number of nitrogens with one attached hydrogen (secondary N) is 1. The molecule has 0 atom stereocenters. The number of fused-ring (bicyclic) bond motifs is 1. The van der Waals surface area contributed by atoms with Crippen LogP contribution in [0.25, 0.3) is 15.9 Å². The zero-order valence-corrected chi connectivity index (χ0v) is 19.2. The maximum atomic E-state index is 12.6. The molecule has 0 fully saturated rings. The molecule has 4 aromatic rings. The molecule has 7 heteroatoms. The van der Waals surface area contributed by atoms with Crippen LogP contribution in [0.5, 0.6) is 0 Å². The van der Waals surface area contributed by atoms with Gasteiger partial charge in [-0.2, -0.15) is 0 Å². The zero-order valence-electron chi connectivity index (χ0n) is 16.4. The number of hydrogen-bond donors (Lipinski definition) is 1. The molecule has 2 aromatic carbocycles. The number of nitrogens with zero attached hydrogens (tertiary/aromatic N) is 1. The SMILES string of the molecule is Cc1cccc(Nc2c(C(=O)[O-])sc3c2ccc(=O)n3-c2cccc(C)c2)c1.[Na+]. The molecule has 2 heterocycles. The molecule has 0 aliphatic rings. The Morgan fingerprint density at radius 2 is 1.69 bits per heavy atom. The number of rotatable bonds is 4. The number of aromatic carboxylic acids is 1. The Morgan fingerprint density at radius 3 is 2.34 bits per heavy atom. The maximum absolute atomic E-state index is 12.6. The molecule has 1 N–H and O–H groups in total. The minimum atomic E-state index is -1.28. The number of carbonyl (C=O) groups is 1. The molecule has 0 saturated heterocycles. The van der Waals surface area contributed by atoms with E-state index in [0.717, 1.165) is 28.2 Å². The van der Waals surface area contributed by atoms with Crippen LogP contribution in [0.2, 0.25) is 0 Å². The Labute approximate surface area is 193 Å². The van der Waals surface area contributed by atoms with Gasteiger partial charge in [0.2, 0.25) is 0 Å². The minimum Gasteiger partial charge on any atom is -0.544 e. The van der Waals surface area contributed by atoms with Gasteiger partial charge in [0.1, 0.15) is 4.83 Å². The van der Waals surface area contributed by atoms with Gasteiger partial charge < -0.3 is 15.2 Å². The average molecular weight is 412 g/mol. The molecule has 0 amide bonds. The number of thiophene rings is 1. The van der Waals surface area contributed by atoms with Crippen molar-refractivity contribution in [2.24, 2.45) is 0 Å². The smallest absolute Gasteiger partial charge is 0.544 e. The second-order valence-electron chi connectivity index (χ2n) is 6.65. The number of pyridine rings is 1. The summed E-state index contributed by atoms with van der Waals surface area (Å²) in [4.78, 5) is 25.1. The topological polar surface area (TPSA) is 74.2 Å². The fourth-order valence-electron chi connectivity index (χ4n) is 3.23. The maximum Gasteiger partial charge on any atom is 1.00 e. The van der Waals surface area contributed by atoms with Gasteiger partial charge in [0.25, 0.3) is 5.56 Å². The van der Waals surface area contributed by atoms with Gasteiger partial charge in [-0.25, -0.2) is 0 Å². The van der Waals surface area contributed by atoms with E-state index in [9.17, 15) is 14.7 Å². The monoisotopic (exact) mass is 412 g/mol. The van der Waals surface area contributed by atoms with E-state index in [1.165, 1.54) is 6.07 Å². The van der Waals surface area contributed by atoms with Crippen LogP contribution in [-0.4, -0.2) is 10.5 Å². The predicted molar refractivity (Wildman–Crippen MR) is 111 cm³/mol. The van der Waals surface area contributed by atoms with Gasteiger partial charge >= 0.3 is 29.6 Å². The van der Waals surface area contributed by atoms with Gasteiger partial charge in [-0.1, -0.05) is 24.3 Å². The molecule has 0 radical (unpaired) electrons. The number of benzene rings is 2. The summed E-state index contributed by atoms with van der Waals surface area (Å²) in [6.45, 7) is 3.91. The minimum absolute atomic E-state index is 0. The van der Waals surface area contributed by atoms with Crippen molar-refractivity contribution in [1.29, 1.82) is 0 Å². The number of aromatic nitrogens is 1. The molecular weight excluding hydrogens is 395 g/mol. The molecular formula is C22H17N2NaO3S. The molecule has 0 aliphatic heterocycles. The summed E-state index contributed by atoms with van der Waals surface area (Å²) >= 11 is 1.04. The first-order valence-electron chi connectivity index (χ1n) is 8.74. The molecule has 2 aromatic heterocycles. The van der Waals surface area contributed by atoms with E-state index in [0.29, 0.717) is 21.6 Å². The summed E-state index contributed by atoms with van der Waals surface area (Å²) in [7, 11) is 0. The summed E-state index contributed by atoms with van der Waals surface area (Å²) in [5.74, 6) is -1.28. The summed E-state index contributed by atoms with van der Waals surface area (Å²) in [6.07, 6.45) is 0. The van der Waals surface area contributed by atoms with Crippen molar-refractivity contribution in [2.45, 2.75) is 13.8 Å². The van der Waals surface area contributed by atoms with E-state index < -0.39 is 5.97 Å². The number of aryl methyl sites for hydroxylation is 2. The van der Waals surface area contributed by atoms with Crippen LogP contribution >= 0.6 is 11.3 Å². The standard InChI is InChI=1S/C22H18N2O3S.Na/c1-13-5-3-7-15(11-13)23-19-17-9-10-18(25)24(16-8-4-6-14(2)12-16)21(17)28-20(19)22(26)27;/h3-12,23H,1-2H3,(H,26,27);/q;+1/p-1. The van der Waals surface area contributed by atoms with Gasteiger partial charge in [-0.05, 0) is 55.3 Å². The van der Waals surface area contributed by atoms with E-state index in [1.54, 1.807) is 10.6 Å². The Balaban J connectivity index is 0.00000240. The molecule has 0 bridgehead atoms. The van der Waals surface area contributed by atoms with Crippen LogP contribution in [0.3, 0.4) is 0 Å². The molecule has 5 nitrogen and oxygen atoms in total. The number of carboxylic acids is 1. The van der Waals surface area contributed by atoms with Crippen molar-refractivity contribution < 1.29 is 39.5 Å². The first kappa shape index (κ1) is 21.3. The summed E-state index contributed by atoms with van der Waals surface area (Å²) < 4.78 is 1.54. The summed E-state index contributed by atoms with van der Waals surface area (Å²) in [5, 5.41) is 15.7. The third kappa shape index (κ3) is 4.16. The van der Waals surface area contributed by atoms with Crippen LogP contribution in [0.4, 0.5) is 11.4 Å². The first-order valence-corrected chi connectivity index (χ1v) is 9.56. The normalized spacial score (nSPS) is 10.6. The van der Waals surface area contributed by atoms with Crippen LogP contribution in [0, 0.1) is 13.8 Å². The first-order chi connectivity index (χ1) is 13.4. The molecule has 29 heavy (non-hydrogen) atoms. The fraction of sp³-hybridized carbons (Fsp3) is 0.0909. The Morgan fingerprint density at radius 1 is 1.00 bits per heavy atom. The Bertz CT molecular complexity index is 1280. The average Bonchev–Trinajstić information content (AvgIpc) is 3.00. The fourth-order valence-corrected chi connectivity index (χ4v) is 4.33. The molecule has 0 saturated carbocycles. The van der Waals surface area contributed by atoms with Crippen LogP contribution < -0.4 is 45.5 Å². The van der Waals surface area contributed by atoms with Crippen LogP contribution in [-0.2, 0) is 0 Å². The van der Waals surface area contributed by atoms with E-state index >= 15 is 0 Å². The van der Waals surface area contributed by atoms with Crippen molar-refractivity contribution in [3.63, 3.8) is 0 Å².